The molecular weight excluding hydrogens is 428 g/mol. The lowest BCUT2D eigenvalue weighted by Crippen LogP contribution is -2.48. The van der Waals surface area contributed by atoms with Gasteiger partial charge in [-0.1, -0.05) is 41.6 Å². The number of piperidine rings is 1. The van der Waals surface area contributed by atoms with Crippen LogP contribution in [0.15, 0.2) is 53.7 Å². The number of benzene rings is 2. The lowest BCUT2D eigenvalue weighted by molar-refractivity contribution is -0.134. The van der Waals surface area contributed by atoms with E-state index in [9.17, 15) is 4.79 Å². The van der Waals surface area contributed by atoms with Crippen molar-refractivity contribution >= 4 is 29.3 Å². The number of para-hydroxylation sites is 1. The van der Waals surface area contributed by atoms with Crippen molar-refractivity contribution in [3.8, 4) is 17.1 Å². The molecule has 2 aromatic carbocycles. The Morgan fingerprint density at radius 3 is 2.42 bits per heavy atom. The van der Waals surface area contributed by atoms with Crippen LogP contribution in [0.4, 0.5) is 0 Å². The van der Waals surface area contributed by atoms with Crippen LogP contribution in [-0.4, -0.2) is 43.4 Å². The van der Waals surface area contributed by atoms with Gasteiger partial charge < -0.3 is 4.90 Å². The quantitative estimate of drug-likeness (QED) is 0.458. The van der Waals surface area contributed by atoms with Crippen molar-refractivity contribution in [3.63, 3.8) is 0 Å². The molecule has 0 saturated carbocycles. The van der Waals surface area contributed by atoms with E-state index in [1.54, 1.807) is 0 Å². The molecule has 0 radical (unpaired) electrons. The SMILES string of the molecule is Cc1ccccc1-n1c(SCC(=O)N2[C@H](C)CCC[C@@H]2C)nnc1-c1ccc(Cl)cc1. The predicted octanol–water partition coefficient (Wildman–Crippen LogP) is 5.78. The molecule has 31 heavy (non-hydrogen) atoms. The molecule has 1 amide bonds. The van der Waals surface area contributed by atoms with E-state index >= 15 is 0 Å². The third-order valence-electron chi connectivity index (χ3n) is 5.90. The van der Waals surface area contributed by atoms with Gasteiger partial charge in [-0.05, 0) is 75.9 Å². The summed E-state index contributed by atoms with van der Waals surface area (Å²) < 4.78 is 2.04. The van der Waals surface area contributed by atoms with Gasteiger partial charge in [-0.2, -0.15) is 0 Å². The van der Waals surface area contributed by atoms with E-state index in [0.717, 1.165) is 35.5 Å². The minimum atomic E-state index is 0.164. The van der Waals surface area contributed by atoms with Crippen LogP contribution in [0, 0.1) is 6.92 Å². The van der Waals surface area contributed by atoms with E-state index in [0.29, 0.717) is 15.9 Å². The highest BCUT2D eigenvalue weighted by Gasteiger charge is 2.29. The number of carbonyl (C=O) groups excluding carboxylic acids is 1. The van der Waals surface area contributed by atoms with Crippen LogP contribution in [0.1, 0.15) is 38.7 Å². The molecule has 1 aromatic heterocycles. The third-order valence-corrected chi connectivity index (χ3v) is 7.06. The molecule has 1 fully saturated rings. The van der Waals surface area contributed by atoms with Crippen LogP contribution in [0.3, 0.4) is 0 Å². The zero-order chi connectivity index (χ0) is 22.0. The second kappa shape index (κ2) is 9.45. The summed E-state index contributed by atoms with van der Waals surface area (Å²) in [5, 5.41) is 10.3. The Bertz CT molecular complexity index is 1060. The summed E-state index contributed by atoms with van der Waals surface area (Å²) in [6.07, 6.45) is 3.33. The second-order valence-electron chi connectivity index (χ2n) is 8.15. The fourth-order valence-electron chi connectivity index (χ4n) is 4.29. The number of aryl methyl sites for hydroxylation is 1. The Morgan fingerprint density at radius 1 is 1.06 bits per heavy atom. The van der Waals surface area contributed by atoms with Crippen LogP contribution in [-0.2, 0) is 4.79 Å². The van der Waals surface area contributed by atoms with Crippen molar-refractivity contribution in [1.82, 2.24) is 19.7 Å². The second-order valence-corrected chi connectivity index (χ2v) is 9.53. The van der Waals surface area contributed by atoms with Gasteiger partial charge in [-0.15, -0.1) is 10.2 Å². The predicted molar refractivity (Wildman–Crippen MR) is 127 cm³/mol. The molecule has 0 N–H and O–H groups in total. The molecule has 0 unspecified atom stereocenters. The number of hydrogen-bond donors (Lipinski definition) is 0. The van der Waals surface area contributed by atoms with Crippen molar-refractivity contribution < 1.29 is 4.79 Å². The van der Waals surface area contributed by atoms with Gasteiger partial charge in [-0.25, -0.2) is 0 Å². The highest BCUT2D eigenvalue weighted by Crippen LogP contribution is 2.31. The zero-order valence-corrected chi connectivity index (χ0v) is 19.7. The largest absolute Gasteiger partial charge is 0.337 e. The van der Waals surface area contributed by atoms with Gasteiger partial charge in [0, 0.05) is 22.7 Å². The van der Waals surface area contributed by atoms with Crippen molar-refractivity contribution in [1.29, 1.82) is 0 Å². The molecule has 3 aromatic rings. The number of nitrogens with zero attached hydrogens (tertiary/aromatic N) is 4. The standard InChI is InChI=1S/C24H27ClN4OS/c1-16-7-4-5-10-21(16)29-23(19-11-13-20(25)14-12-19)26-27-24(29)31-15-22(30)28-17(2)8-6-9-18(28)3/h4-5,7,10-14,17-18H,6,8-9,15H2,1-3H3/t17-,18+. The van der Waals surface area contributed by atoms with Gasteiger partial charge in [0.1, 0.15) is 0 Å². The number of carbonyl (C=O) groups is 1. The maximum Gasteiger partial charge on any atom is 0.233 e. The zero-order valence-electron chi connectivity index (χ0n) is 18.1. The summed E-state index contributed by atoms with van der Waals surface area (Å²) in [4.78, 5) is 15.1. The Labute approximate surface area is 192 Å². The van der Waals surface area contributed by atoms with E-state index < -0.39 is 0 Å². The van der Waals surface area contributed by atoms with Gasteiger partial charge in [0.2, 0.25) is 5.91 Å². The average molecular weight is 455 g/mol. The maximum atomic E-state index is 13.1. The van der Waals surface area contributed by atoms with Crippen molar-refractivity contribution in [2.75, 3.05) is 5.75 Å². The molecule has 2 heterocycles. The van der Waals surface area contributed by atoms with Crippen molar-refractivity contribution in [3.05, 3.63) is 59.1 Å². The molecule has 162 valence electrons. The average Bonchev–Trinajstić information content (AvgIpc) is 3.16. The Hall–Kier alpha value is -2.31. The summed E-state index contributed by atoms with van der Waals surface area (Å²) in [6, 6.07) is 16.3. The number of amides is 1. The number of likely N-dealkylation sites (tertiary alicyclic amines) is 1. The van der Waals surface area contributed by atoms with Gasteiger partial charge in [0.05, 0.1) is 11.4 Å². The number of hydrogen-bond acceptors (Lipinski definition) is 4. The van der Waals surface area contributed by atoms with Gasteiger partial charge in [-0.3, -0.25) is 9.36 Å². The Morgan fingerprint density at radius 2 is 1.74 bits per heavy atom. The maximum absolute atomic E-state index is 13.1. The monoisotopic (exact) mass is 454 g/mol. The fourth-order valence-corrected chi connectivity index (χ4v) is 5.23. The highest BCUT2D eigenvalue weighted by molar-refractivity contribution is 7.99. The molecule has 4 rings (SSSR count). The van der Waals surface area contributed by atoms with Crippen LogP contribution in [0.2, 0.25) is 5.02 Å². The summed E-state index contributed by atoms with van der Waals surface area (Å²) in [7, 11) is 0. The minimum Gasteiger partial charge on any atom is -0.337 e. The summed E-state index contributed by atoms with van der Waals surface area (Å²) in [5.41, 5.74) is 3.05. The van der Waals surface area contributed by atoms with Crippen molar-refractivity contribution in [2.24, 2.45) is 0 Å². The first-order valence-corrected chi connectivity index (χ1v) is 12.0. The van der Waals surface area contributed by atoms with Crippen LogP contribution >= 0.6 is 23.4 Å². The molecule has 1 aliphatic rings. The number of halogens is 1. The van der Waals surface area contributed by atoms with E-state index in [-0.39, 0.29) is 18.0 Å². The molecular formula is C24H27ClN4OS. The molecule has 0 aliphatic carbocycles. The highest BCUT2D eigenvalue weighted by atomic mass is 35.5. The first-order chi connectivity index (χ1) is 15.0. The summed E-state index contributed by atoms with van der Waals surface area (Å²) in [6.45, 7) is 6.36. The normalized spacial score (nSPS) is 18.9. The summed E-state index contributed by atoms with van der Waals surface area (Å²) >= 11 is 7.53. The fraction of sp³-hybridized carbons (Fsp3) is 0.375. The van der Waals surface area contributed by atoms with E-state index in [4.69, 9.17) is 11.6 Å². The minimum absolute atomic E-state index is 0.164. The third kappa shape index (κ3) is 4.65. The molecule has 0 bridgehead atoms. The van der Waals surface area contributed by atoms with E-state index in [1.807, 2.05) is 45.9 Å². The smallest absolute Gasteiger partial charge is 0.233 e. The van der Waals surface area contributed by atoms with Gasteiger partial charge >= 0.3 is 0 Å². The van der Waals surface area contributed by atoms with Crippen LogP contribution < -0.4 is 0 Å². The summed E-state index contributed by atoms with van der Waals surface area (Å²) in [5.74, 6) is 1.25. The topological polar surface area (TPSA) is 51.0 Å². The van der Waals surface area contributed by atoms with E-state index in [2.05, 4.69) is 43.1 Å². The van der Waals surface area contributed by atoms with Gasteiger partial charge in [0.25, 0.3) is 0 Å². The molecule has 2 atom stereocenters. The number of rotatable bonds is 5. The number of aromatic nitrogens is 3. The molecule has 1 aliphatic heterocycles. The van der Waals surface area contributed by atoms with E-state index in [1.165, 1.54) is 18.2 Å². The lowest BCUT2D eigenvalue weighted by Gasteiger charge is -2.39. The molecule has 5 nitrogen and oxygen atoms in total. The van der Waals surface area contributed by atoms with Crippen LogP contribution in [0.5, 0.6) is 0 Å². The molecule has 0 spiro atoms. The molecule has 7 heteroatoms. The Kier molecular flexibility index (Phi) is 6.68. The first kappa shape index (κ1) is 21.9. The lowest BCUT2D eigenvalue weighted by atomic mass is 9.98. The Balaban J connectivity index is 1.66. The van der Waals surface area contributed by atoms with Gasteiger partial charge in [0.15, 0.2) is 11.0 Å². The molecule has 1 saturated heterocycles. The van der Waals surface area contributed by atoms with Crippen LogP contribution in [0.25, 0.3) is 17.1 Å². The number of thioether (sulfide) groups is 1. The van der Waals surface area contributed by atoms with Crippen molar-refractivity contribution in [2.45, 2.75) is 57.3 Å². The first-order valence-electron chi connectivity index (χ1n) is 10.7.